The molecular weight excluding hydrogens is 251 g/mol. The van der Waals surface area contributed by atoms with Crippen LogP contribution in [0.25, 0.3) is 11.1 Å². The maximum atomic E-state index is 13.8. The molecule has 1 saturated heterocycles. The van der Waals surface area contributed by atoms with E-state index in [1.165, 1.54) is 12.1 Å². The predicted molar refractivity (Wildman–Crippen MR) is 68.9 cm³/mol. The summed E-state index contributed by atoms with van der Waals surface area (Å²) in [5, 5.41) is 3.01. The van der Waals surface area contributed by atoms with E-state index in [2.05, 4.69) is 10.3 Å². The molecule has 3 rings (SSSR count). The predicted octanol–water partition coefficient (Wildman–Crippen LogP) is 2.24. The number of fused-ring (bicyclic) bond motifs is 1. The Bertz CT molecular complexity index is 628. The minimum absolute atomic E-state index is 0.113. The molecule has 0 radical (unpaired) electrons. The van der Waals surface area contributed by atoms with Crippen LogP contribution in [0.3, 0.4) is 0 Å². The van der Waals surface area contributed by atoms with E-state index in [1.807, 2.05) is 0 Å². The van der Waals surface area contributed by atoms with Gasteiger partial charge in [-0.1, -0.05) is 0 Å². The number of aromatic amines is 1. The topological polar surface area (TPSA) is 67.3 Å². The van der Waals surface area contributed by atoms with Crippen molar-refractivity contribution in [1.82, 2.24) is 4.98 Å². The summed E-state index contributed by atoms with van der Waals surface area (Å²) >= 11 is 0. The van der Waals surface area contributed by atoms with Crippen molar-refractivity contribution in [2.45, 2.75) is 25.4 Å². The van der Waals surface area contributed by atoms with Crippen molar-refractivity contribution >= 4 is 16.8 Å². The number of hydrogen-bond donors (Lipinski definition) is 2. The van der Waals surface area contributed by atoms with Gasteiger partial charge in [-0.25, -0.2) is 9.18 Å². The standard InChI is InChI=1S/C13H15FN2O3/c14-9-5-11-12(19-13(17)16-11)6-10(9)15-7-8-3-1-2-4-18-8/h5-6,8,15H,1-4,7H2,(H,16,17). The Morgan fingerprint density at radius 3 is 3.11 bits per heavy atom. The van der Waals surface area contributed by atoms with Gasteiger partial charge >= 0.3 is 5.76 Å². The highest BCUT2D eigenvalue weighted by Crippen LogP contribution is 2.22. The first kappa shape index (κ1) is 12.2. The fourth-order valence-electron chi connectivity index (χ4n) is 2.30. The van der Waals surface area contributed by atoms with Crippen LogP contribution in [0.15, 0.2) is 21.3 Å². The third-order valence-corrected chi connectivity index (χ3v) is 3.30. The molecule has 1 unspecified atom stereocenters. The monoisotopic (exact) mass is 266 g/mol. The molecule has 2 N–H and O–H groups in total. The molecule has 102 valence electrons. The van der Waals surface area contributed by atoms with Gasteiger partial charge in [0.2, 0.25) is 0 Å². The van der Waals surface area contributed by atoms with E-state index < -0.39 is 11.6 Å². The van der Waals surface area contributed by atoms with Gasteiger partial charge in [-0.05, 0) is 19.3 Å². The van der Waals surface area contributed by atoms with Gasteiger partial charge in [-0.15, -0.1) is 0 Å². The summed E-state index contributed by atoms with van der Waals surface area (Å²) in [6.45, 7) is 1.32. The number of ether oxygens (including phenoxy) is 1. The van der Waals surface area contributed by atoms with Crippen molar-refractivity contribution in [3.63, 3.8) is 0 Å². The Morgan fingerprint density at radius 1 is 1.42 bits per heavy atom. The highest BCUT2D eigenvalue weighted by Gasteiger charge is 2.15. The highest BCUT2D eigenvalue weighted by atomic mass is 19.1. The number of aromatic nitrogens is 1. The quantitative estimate of drug-likeness (QED) is 0.894. The summed E-state index contributed by atoms with van der Waals surface area (Å²) in [6.07, 6.45) is 3.32. The number of rotatable bonds is 3. The van der Waals surface area contributed by atoms with Gasteiger partial charge in [-0.2, -0.15) is 0 Å². The van der Waals surface area contributed by atoms with Crippen LogP contribution in [-0.4, -0.2) is 24.2 Å². The van der Waals surface area contributed by atoms with Crippen LogP contribution in [0.1, 0.15) is 19.3 Å². The lowest BCUT2D eigenvalue weighted by molar-refractivity contribution is 0.0247. The fourth-order valence-corrected chi connectivity index (χ4v) is 2.30. The smallest absolute Gasteiger partial charge is 0.408 e. The van der Waals surface area contributed by atoms with Crippen LogP contribution in [0, 0.1) is 5.82 Å². The average Bonchev–Trinajstić information content (AvgIpc) is 2.76. The van der Waals surface area contributed by atoms with Crippen molar-refractivity contribution in [1.29, 1.82) is 0 Å². The Balaban J connectivity index is 1.76. The van der Waals surface area contributed by atoms with Crippen molar-refractivity contribution in [2.75, 3.05) is 18.5 Å². The van der Waals surface area contributed by atoms with Crippen LogP contribution < -0.4 is 11.1 Å². The number of nitrogens with one attached hydrogen (secondary N) is 2. The first-order chi connectivity index (χ1) is 9.22. The summed E-state index contributed by atoms with van der Waals surface area (Å²) in [5.41, 5.74) is 1.03. The molecule has 5 nitrogen and oxygen atoms in total. The molecule has 1 aliphatic rings. The third kappa shape index (κ3) is 2.63. The number of H-pyrrole nitrogens is 1. The largest absolute Gasteiger partial charge is 0.417 e. The molecule has 6 heteroatoms. The van der Waals surface area contributed by atoms with Crippen molar-refractivity contribution < 1.29 is 13.5 Å². The van der Waals surface area contributed by atoms with Crippen molar-refractivity contribution in [3.05, 3.63) is 28.5 Å². The molecule has 1 aromatic carbocycles. The minimum Gasteiger partial charge on any atom is -0.408 e. The molecule has 0 amide bonds. The van der Waals surface area contributed by atoms with Crippen molar-refractivity contribution in [3.8, 4) is 0 Å². The van der Waals surface area contributed by atoms with Crippen molar-refractivity contribution in [2.24, 2.45) is 0 Å². The first-order valence-electron chi connectivity index (χ1n) is 6.40. The second-order valence-electron chi connectivity index (χ2n) is 4.71. The van der Waals surface area contributed by atoms with Crippen LogP contribution in [0.4, 0.5) is 10.1 Å². The lowest BCUT2D eigenvalue weighted by atomic mass is 10.1. The first-order valence-corrected chi connectivity index (χ1v) is 6.40. The Morgan fingerprint density at radius 2 is 2.32 bits per heavy atom. The summed E-state index contributed by atoms with van der Waals surface area (Å²) < 4.78 is 24.3. The average molecular weight is 266 g/mol. The number of oxazole rings is 1. The molecule has 0 bridgehead atoms. The van der Waals surface area contributed by atoms with Gasteiger partial charge in [0, 0.05) is 25.3 Å². The van der Waals surface area contributed by atoms with Crippen LogP contribution in [-0.2, 0) is 4.74 Å². The molecule has 1 aliphatic heterocycles. The van der Waals surface area contributed by atoms with Gasteiger partial charge in [0.05, 0.1) is 17.3 Å². The Labute approximate surface area is 108 Å². The van der Waals surface area contributed by atoms with E-state index in [0.29, 0.717) is 23.3 Å². The van der Waals surface area contributed by atoms with Gasteiger partial charge in [0.15, 0.2) is 5.58 Å². The highest BCUT2D eigenvalue weighted by molar-refractivity contribution is 5.77. The van der Waals surface area contributed by atoms with E-state index in [9.17, 15) is 9.18 Å². The number of benzene rings is 1. The molecule has 2 heterocycles. The van der Waals surface area contributed by atoms with Gasteiger partial charge < -0.3 is 14.5 Å². The van der Waals surface area contributed by atoms with E-state index >= 15 is 0 Å². The fraction of sp³-hybridized carbons (Fsp3) is 0.462. The maximum Gasteiger partial charge on any atom is 0.417 e. The third-order valence-electron chi connectivity index (χ3n) is 3.30. The molecule has 19 heavy (non-hydrogen) atoms. The normalized spacial score (nSPS) is 19.7. The maximum absolute atomic E-state index is 13.8. The molecule has 0 saturated carbocycles. The summed E-state index contributed by atoms with van der Waals surface area (Å²) in [4.78, 5) is 13.4. The molecule has 0 spiro atoms. The van der Waals surface area contributed by atoms with Crippen LogP contribution in [0.5, 0.6) is 0 Å². The second kappa shape index (κ2) is 5.05. The van der Waals surface area contributed by atoms with Crippen LogP contribution in [0.2, 0.25) is 0 Å². The zero-order valence-electron chi connectivity index (χ0n) is 10.4. The van der Waals surface area contributed by atoms with Gasteiger partial charge in [-0.3, -0.25) is 4.98 Å². The number of halogens is 1. The van der Waals surface area contributed by atoms with Gasteiger partial charge in [0.25, 0.3) is 0 Å². The lowest BCUT2D eigenvalue weighted by Gasteiger charge is -2.23. The van der Waals surface area contributed by atoms with E-state index in [0.717, 1.165) is 25.9 Å². The summed E-state index contributed by atoms with van der Waals surface area (Å²) in [6, 6.07) is 2.75. The number of hydrogen-bond acceptors (Lipinski definition) is 4. The SMILES string of the molecule is O=c1[nH]c2cc(F)c(NCC3CCCCO3)cc2o1. The Kier molecular flexibility index (Phi) is 3.25. The minimum atomic E-state index is -0.581. The zero-order valence-corrected chi connectivity index (χ0v) is 10.4. The van der Waals surface area contributed by atoms with Gasteiger partial charge in [0.1, 0.15) is 5.82 Å². The number of anilines is 1. The molecule has 0 aliphatic carbocycles. The Hall–Kier alpha value is -1.82. The van der Waals surface area contributed by atoms with E-state index in [4.69, 9.17) is 9.15 Å². The molecule has 1 aromatic heterocycles. The lowest BCUT2D eigenvalue weighted by Crippen LogP contribution is -2.27. The molecule has 1 fully saturated rings. The molecular formula is C13H15FN2O3. The summed E-state index contributed by atoms with van der Waals surface area (Å²) in [7, 11) is 0. The summed E-state index contributed by atoms with van der Waals surface area (Å²) in [5.74, 6) is -0.998. The van der Waals surface area contributed by atoms with E-state index in [1.54, 1.807) is 0 Å². The van der Waals surface area contributed by atoms with E-state index in [-0.39, 0.29) is 6.10 Å². The molecule has 1 atom stereocenters. The zero-order chi connectivity index (χ0) is 13.2. The second-order valence-corrected chi connectivity index (χ2v) is 4.71. The molecule has 2 aromatic rings. The van der Waals surface area contributed by atoms with Crippen LogP contribution >= 0.6 is 0 Å².